The number of aryl methyl sites for hydroxylation is 1. The molecule has 1 fully saturated rings. The first-order valence-corrected chi connectivity index (χ1v) is 8.77. The molecule has 3 rings (SSSR count). The Morgan fingerprint density at radius 2 is 1.93 bits per heavy atom. The molecule has 27 heavy (non-hydrogen) atoms. The van der Waals surface area contributed by atoms with E-state index in [0.717, 1.165) is 11.1 Å². The van der Waals surface area contributed by atoms with Gasteiger partial charge in [0, 0.05) is 24.5 Å². The molecule has 4 N–H and O–H groups in total. The van der Waals surface area contributed by atoms with E-state index in [1.807, 2.05) is 31.2 Å². The van der Waals surface area contributed by atoms with Crippen LogP contribution in [0.4, 0.5) is 11.4 Å². The molecule has 2 atom stereocenters. The van der Waals surface area contributed by atoms with E-state index in [1.54, 1.807) is 24.3 Å². The lowest BCUT2D eigenvalue weighted by Gasteiger charge is -2.34. The summed E-state index contributed by atoms with van der Waals surface area (Å²) in [5, 5.41) is 13.0. The van der Waals surface area contributed by atoms with Crippen molar-refractivity contribution < 1.29 is 19.4 Å². The lowest BCUT2D eigenvalue weighted by atomic mass is 10.1. The maximum Gasteiger partial charge on any atom is 0.259 e. The average molecular weight is 369 g/mol. The molecule has 1 aliphatic rings. The van der Waals surface area contributed by atoms with E-state index in [9.17, 15) is 14.7 Å². The Kier molecular flexibility index (Phi) is 5.85. The zero-order valence-electron chi connectivity index (χ0n) is 15.1. The van der Waals surface area contributed by atoms with Crippen molar-refractivity contribution in [1.29, 1.82) is 0 Å². The first-order chi connectivity index (χ1) is 13.0. The number of amides is 2. The van der Waals surface area contributed by atoms with E-state index in [2.05, 4.69) is 5.32 Å². The Hall–Kier alpha value is -2.74. The summed E-state index contributed by atoms with van der Waals surface area (Å²) in [5.74, 6) is -1.13. The van der Waals surface area contributed by atoms with E-state index >= 15 is 0 Å². The van der Waals surface area contributed by atoms with Gasteiger partial charge in [-0.2, -0.15) is 0 Å². The summed E-state index contributed by atoms with van der Waals surface area (Å²) in [5.41, 5.74) is 8.77. The first-order valence-electron chi connectivity index (χ1n) is 8.77. The highest BCUT2D eigenvalue weighted by atomic mass is 16.5. The Balaban J connectivity index is 1.68. The van der Waals surface area contributed by atoms with E-state index in [4.69, 9.17) is 10.5 Å². The molecule has 2 aromatic rings. The van der Waals surface area contributed by atoms with Crippen LogP contribution in [0.15, 0.2) is 48.5 Å². The van der Waals surface area contributed by atoms with Crippen LogP contribution in [0.2, 0.25) is 0 Å². The number of anilines is 2. The molecular formula is C20H23N3O4. The number of hydrogen-bond donors (Lipinski definition) is 3. The minimum atomic E-state index is -1.61. The molecule has 2 amide bonds. The molecule has 7 heteroatoms. The Morgan fingerprint density at radius 1 is 1.26 bits per heavy atom. The molecule has 0 spiro atoms. The minimum absolute atomic E-state index is 0.236. The number of carbonyl (C=O) groups excluding carboxylic acids is 2. The quantitative estimate of drug-likeness (QED) is 0.734. The van der Waals surface area contributed by atoms with E-state index in [0.29, 0.717) is 24.5 Å². The van der Waals surface area contributed by atoms with Gasteiger partial charge >= 0.3 is 0 Å². The summed E-state index contributed by atoms with van der Waals surface area (Å²) < 4.78 is 5.40. The number of aliphatic hydroxyl groups excluding tert-OH is 1. The van der Waals surface area contributed by atoms with Crippen molar-refractivity contribution in [3.05, 3.63) is 59.7 Å². The number of ether oxygens (including phenoxy) is 1. The van der Waals surface area contributed by atoms with Crippen LogP contribution in [0.3, 0.4) is 0 Å². The van der Waals surface area contributed by atoms with Gasteiger partial charge in [0.25, 0.3) is 11.8 Å². The zero-order chi connectivity index (χ0) is 19.4. The predicted molar refractivity (Wildman–Crippen MR) is 102 cm³/mol. The molecule has 1 saturated heterocycles. The second-order valence-electron chi connectivity index (χ2n) is 6.45. The SMILES string of the molecule is Cc1ccc(N2CCO[C@H]([C@@H](O)C(=O)Nc3ccc(CN)cc3)C2=O)cc1. The third-order valence-corrected chi connectivity index (χ3v) is 4.48. The smallest absolute Gasteiger partial charge is 0.259 e. The Labute approximate surface area is 157 Å². The summed E-state index contributed by atoms with van der Waals surface area (Å²) >= 11 is 0. The van der Waals surface area contributed by atoms with Crippen LogP contribution in [0, 0.1) is 6.92 Å². The molecule has 2 aromatic carbocycles. The number of morpholine rings is 1. The molecule has 0 bridgehead atoms. The number of carbonyl (C=O) groups is 2. The highest BCUT2D eigenvalue weighted by Gasteiger charge is 2.39. The van der Waals surface area contributed by atoms with Gasteiger partial charge in [-0.05, 0) is 36.8 Å². The van der Waals surface area contributed by atoms with Crippen LogP contribution in [0.25, 0.3) is 0 Å². The minimum Gasteiger partial charge on any atom is -0.380 e. The molecule has 142 valence electrons. The van der Waals surface area contributed by atoms with Gasteiger partial charge in [0.15, 0.2) is 12.2 Å². The van der Waals surface area contributed by atoms with Crippen LogP contribution < -0.4 is 16.0 Å². The first kappa shape index (κ1) is 19.0. The number of nitrogens with two attached hydrogens (primary N) is 1. The summed E-state index contributed by atoms with van der Waals surface area (Å²) in [6, 6.07) is 14.4. The number of hydrogen-bond acceptors (Lipinski definition) is 5. The number of aliphatic hydroxyl groups is 1. The Morgan fingerprint density at radius 3 is 2.56 bits per heavy atom. The molecule has 0 aliphatic carbocycles. The molecule has 0 saturated carbocycles. The summed E-state index contributed by atoms with van der Waals surface area (Å²) in [7, 11) is 0. The highest BCUT2D eigenvalue weighted by molar-refractivity contribution is 6.03. The second-order valence-corrected chi connectivity index (χ2v) is 6.45. The fraction of sp³-hybridized carbons (Fsp3) is 0.300. The number of nitrogens with one attached hydrogen (secondary N) is 1. The van der Waals surface area contributed by atoms with Crippen LogP contribution >= 0.6 is 0 Å². The van der Waals surface area contributed by atoms with Gasteiger partial charge in [-0.15, -0.1) is 0 Å². The van der Waals surface area contributed by atoms with Crippen molar-refractivity contribution in [2.24, 2.45) is 5.73 Å². The van der Waals surface area contributed by atoms with Crippen LogP contribution in [0.5, 0.6) is 0 Å². The maximum atomic E-state index is 12.7. The van der Waals surface area contributed by atoms with E-state index in [1.165, 1.54) is 4.90 Å². The number of benzene rings is 2. The van der Waals surface area contributed by atoms with Crippen LogP contribution in [0.1, 0.15) is 11.1 Å². The lowest BCUT2D eigenvalue weighted by Crippen LogP contribution is -2.55. The van der Waals surface area contributed by atoms with Crippen molar-refractivity contribution >= 4 is 23.2 Å². The van der Waals surface area contributed by atoms with Crippen molar-refractivity contribution in [3.63, 3.8) is 0 Å². The van der Waals surface area contributed by atoms with Crippen molar-refractivity contribution in [2.45, 2.75) is 25.7 Å². The molecule has 0 unspecified atom stereocenters. The summed E-state index contributed by atoms with van der Waals surface area (Å²) in [6.45, 7) is 2.96. The second kappa shape index (κ2) is 8.30. The topological polar surface area (TPSA) is 105 Å². The van der Waals surface area contributed by atoms with Crippen molar-refractivity contribution in [1.82, 2.24) is 0 Å². The monoisotopic (exact) mass is 369 g/mol. The highest BCUT2D eigenvalue weighted by Crippen LogP contribution is 2.21. The molecule has 7 nitrogen and oxygen atoms in total. The van der Waals surface area contributed by atoms with Gasteiger partial charge < -0.3 is 25.8 Å². The van der Waals surface area contributed by atoms with Crippen LogP contribution in [-0.4, -0.2) is 42.3 Å². The number of nitrogens with zero attached hydrogens (tertiary/aromatic N) is 1. The fourth-order valence-electron chi connectivity index (χ4n) is 2.89. The zero-order valence-corrected chi connectivity index (χ0v) is 15.1. The van der Waals surface area contributed by atoms with E-state index < -0.39 is 24.0 Å². The van der Waals surface area contributed by atoms with Gasteiger partial charge in [-0.25, -0.2) is 0 Å². The Bertz CT molecular complexity index is 805. The predicted octanol–water partition coefficient (Wildman–Crippen LogP) is 1.19. The van der Waals surface area contributed by atoms with Gasteiger partial charge in [-0.1, -0.05) is 29.8 Å². The van der Waals surface area contributed by atoms with Gasteiger partial charge in [0.1, 0.15) is 0 Å². The molecule has 1 aliphatic heterocycles. The molecule has 0 radical (unpaired) electrons. The van der Waals surface area contributed by atoms with Gasteiger partial charge in [0.2, 0.25) is 0 Å². The largest absolute Gasteiger partial charge is 0.380 e. The van der Waals surface area contributed by atoms with Crippen molar-refractivity contribution in [2.75, 3.05) is 23.4 Å². The maximum absolute atomic E-state index is 12.7. The van der Waals surface area contributed by atoms with Gasteiger partial charge in [-0.3, -0.25) is 9.59 Å². The average Bonchev–Trinajstić information content (AvgIpc) is 2.69. The molecule has 0 aromatic heterocycles. The standard InChI is InChI=1S/C20H23N3O4/c1-13-2-8-16(9-3-13)23-10-11-27-18(20(23)26)17(24)19(25)22-15-6-4-14(12-21)5-7-15/h2-9,17-18,24H,10-12,21H2,1H3,(H,22,25)/t17-,18-/m1/s1. The van der Waals surface area contributed by atoms with Crippen molar-refractivity contribution in [3.8, 4) is 0 Å². The summed E-state index contributed by atoms with van der Waals surface area (Å²) in [6.07, 6.45) is -2.86. The molecular weight excluding hydrogens is 346 g/mol. The number of rotatable bonds is 5. The third kappa shape index (κ3) is 4.33. The third-order valence-electron chi connectivity index (χ3n) is 4.48. The molecule has 1 heterocycles. The van der Waals surface area contributed by atoms with Gasteiger partial charge in [0.05, 0.1) is 6.61 Å². The lowest BCUT2D eigenvalue weighted by molar-refractivity contribution is -0.150. The van der Waals surface area contributed by atoms with E-state index in [-0.39, 0.29) is 6.61 Å². The normalized spacial score (nSPS) is 18.3. The summed E-state index contributed by atoms with van der Waals surface area (Å²) in [4.78, 5) is 26.6. The van der Waals surface area contributed by atoms with Crippen LogP contribution in [-0.2, 0) is 20.9 Å². The fourth-order valence-corrected chi connectivity index (χ4v) is 2.89.